The van der Waals surface area contributed by atoms with Crippen molar-refractivity contribution in [3.05, 3.63) is 66.7 Å². The summed E-state index contributed by atoms with van der Waals surface area (Å²) in [7, 11) is 0. The van der Waals surface area contributed by atoms with Crippen LogP contribution in [0.3, 0.4) is 0 Å². The highest BCUT2D eigenvalue weighted by molar-refractivity contribution is 5.94. The van der Waals surface area contributed by atoms with Crippen LogP contribution < -0.4 is 14.8 Å². The van der Waals surface area contributed by atoms with Crippen molar-refractivity contribution in [1.29, 1.82) is 0 Å². The fourth-order valence-corrected chi connectivity index (χ4v) is 2.58. The van der Waals surface area contributed by atoms with Crippen molar-refractivity contribution in [2.75, 3.05) is 13.2 Å². The molecule has 3 aromatic rings. The summed E-state index contributed by atoms with van der Waals surface area (Å²) < 4.78 is 13.1. The Morgan fingerprint density at radius 1 is 1.16 bits per heavy atom. The molecule has 0 saturated carbocycles. The summed E-state index contributed by atoms with van der Waals surface area (Å²) >= 11 is 0. The van der Waals surface area contributed by atoms with Gasteiger partial charge in [-0.2, -0.15) is 5.10 Å². The van der Waals surface area contributed by atoms with Gasteiger partial charge in [0.1, 0.15) is 25.4 Å². The Labute approximate surface area is 144 Å². The summed E-state index contributed by atoms with van der Waals surface area (Å²) in [6, 6.07) is 14.6. The van der Waals surface area contributed by atoms with Gasteiger partial charge in [0.05, 0.1) is 12.2 Å². The molecule has 1 N–H and O–H groups in total. The fraction of sp³-hybridized carbons (Fsp3) is 0.167. The van der Waals surface area contributed by atoms with Crippen LogP contribution in [0.1, 0.15) is 10.4 Å². The number of para-hydroxylation sites is 2. The Kier molecular flexibility index (Phi) is 4.04. The number of nitrogens with zero attached hydrogens (tertiary/aromatic N) is 3. The molecular formula is C18H16N4O3. The Balaban J connectivity index is 1.35. The van der Waals surface area contributed by atoms with E-state index in [-0.39, 0.29) is 12.0 Å². The molecule has 0 fully saturated rings. The van der Waals surface area contributed by atoms with Crippen LogP contribution in [0.4, 0.5) is 0 Å². The van der Waals surface area contributed by atoms with Gasteiger partial charge in [0.15, 0.2) is 11.5 Å². The largest absolute Gasteiger partial charge is 0.486 e. The van der Waals surface area contributed by atoms with Gasteiger partial charge in [-0.1, -0.05) is 12.1 Å². The molecule has 0 radical (unpaired) electrons. The minimum absolute atomic E-state index is 0.160. The van der Waals surface area contributed by atoms with Gasteiger partial charge in [0.25, 0.3) is 5.91 Å². The molecule has 0 saturated heterocycles. The number of rotatable bonds is 4. The first-order valence-corrected chi connectivity index (χ1v) is 7.91. The van der Waals surface area contributed by atoms with Crippen molar-refractivity contribution in [3.8, 4) is 17.2 Å². The molecule has 7 nitrogen and oxygen atoms in total. The number of benzene rings is 2. The fourth-order valence-electron chi connectivity index (χ4n) is 2.58. The van der Waals surface area contributed by atoms with E-state index in [4.69, 9.17) is 9.47 Å². The monoisotopic (exact) mass is 336 g/mol. The zero-order chi connectivity index (χ0) is 17.1. The van der Waals surface area contributed by atoms with E-state index in [2.05, 4.69) is 15.4 Å². The van der Waals surface area contributed by atoms with Crippen molar-refractivity contribution in [3.63, 3.8) is 0 Å². The lowest BCUT2D eigenvalue weighted by atomic mass is 10.2. The van der Waals surface area contributed by atoms with Gasteiger partial charge in [-0.15, -0.1) is 0 Å². The van der Waals surface area contributed by atoms with E-state index in [1.807, 2.05) is 36.4 Å². The molecule has 1 aliphatic rings. The van der Waals surface area contributed by atoms with Crippen LogP contribution in [0.2, 0.25) is 0 Å². The van der Waals surface area contributed by atoms with Crippen LogP contribution in [0.15, 0.2) is 61.2 Å². The van der Waals surface area contributed by atoms with Gasteiger partial charge in [-0.25, -0.2) is 9.67 Å². The molecule has 0 spiro atoms. The normalized spacial score (nSPS) is 15.6. The maximum absolute atomic E-state index is 12.3. The quantitative estimate of drug-likeness (QED) is 0.786. The van der Waals surface area contributed by atoms with Crippen molar-refractivity contribution < 1.29 is 14.3 Å². The van der Waals surface area contributed by atoms with Gasteiger partial charge in [-0.05, 0) is 36.4 Å². The molecule has 1 unspecified atom stereocenters. The van der Waals surface area contributed by atoms with Gasteiger partial charge < -0.3 is 14.8 Å². The summed E-state index contributed by atoms with van der Waals surface area (Å²) in [5.41, 5.74) is 1.41. The Morgan fingerprint density at radius 2 is 1.96 bits per heavy atom. The lowest BCUT2D eigenvalue weighted by Gasteiger charge is -2.26. The van der Waals surface area contributed by atoms with E-state index >= 15 is 0 Å². The van der Waals surface area contributed by atoms with Crippen LogP contribution in [0, 0.1) is 0 Å². The second kappa shape index (κ2) is 6.64. The summed E-state index contributed by atoms with van der Waals surface area (Å²) in [6.45, 7) is 0.778. The van der Waals surface area contributed by atoms with Gasteiger partial charge >= 0.3 is 0 Å². The number of amides is 1. The number of fused-ring (bicyclic) bond motifs is 1. The summed E-state index contributed by atoms with van der Waals surface area (Å²) in [6.07, 6.45) is 2.85. The zero-order valence-corrected chi connectivity index (χ0v) is 13.3. The maximum atomic E-state index is 12.3. The third-order valence-corrected chi connectivity index (χ3v) is 3.87. The minimum atomic E-state index is -0.215. The Morgan fingerprint density at radius 3 is 2.72 bits per heavy atom. The molecule has 0 bridgehead atoms. The number of hydrogen-bond acceptors (Lipinski definition) is 5. The predicted molar refractivity (Wildman–Crippen MR) is 90.0 cm³/mol. The molecule has 4 rings (SSSR count). The summed E-state index contributed by atoms with van der Waals surface area (Å²) in [5, 5.41) is 6.93. The van der Waals surface area contributed by atoms with E-state index < -0.39 is 0 Å². The second-order valence-electron chi connectivity index (χ2n) is 5.59. The lowest BCUT2D eigenvalue weighted by Crippen LogP contribution is -2.40. The van der Waals surface area contributed by atoms with Crippen LogP contribution in [0.25, 0.3) is 5.69 Å². The third-order valence-electron chi connectivity index (χ3n) is 3.87. The number of carbonyl (C=O) groups is 1. The first kappa shape index (κ1) is 15.2. The smallest absolute Gasteiger partial charge is 0.251 e. The number of ether oxygens (including phenoxy) is 2. The van der Waals surface area contributed by atoms with E-state index in [1.165, 1.54) is 6.33 Å². The minimum Gasteiger partial charge on any atom is -0.486 e. The standard InChI is InChI=1S/C18H16N4O3/c23-18(13-5-7-14(8-6-13)22-12-19-11-21-22)20-9-15-10-24-16-3-1-2-4-17(16)25-15/h1-8,11-12,15H,9-10H2,(H,20,23). The number of hydrogen-bond donors (Lipinski definition) is 1. The summed E-state index contributed by atoms with van der Waals surface area (Å²) in [5.74, 6) is 1.27. The molecule has 126 valence electrons. The number of carbonyl (C=O) groups excluding carboxylic acids is 1. The van der Waals surface area contributed by atoms with Crippen molar-refractivity contribution in [2.24, 2.45) is 0 Å². The molecule has 2 aromatic carbocycles. The van der Waals surface area contributed by atoms with E-state index in [9.17, 15) is 4.79 Å². The van der Waals surface area contributed by atoms with Gasteiger partial charge in [-0.3, -0.25) is 4.79 Å². The number of nitrogens with one attached hydrogen (secondary N) is 1. The van der Waals surface area contributed by atoms with Gasteiger partial charge in [0.2, 0.25) is 0 Å². The SMILES string of the molecule is O=C(NCC1COc2ccccc2O1)c1ccc(-n2cncn2)cc1. The van der Waals surface area contributed by atoms with Crippen LogP contribution >= 0.6 is 0 Å². The number of aromatic nitrogens is 3. The van der Waals surface area contributed by atoms with Crippen molar-refractivity contribution >= 4 is 5.91 Å². The molecule has 1 atom stereocenters. The summed E-state index contributed by atoms with van der Waals surface area (Å²) in [4.78, 5) is 16.2. The first-order chi connectivity index (χ1) is 12.3. The molecule has 1 aliphatic heterocycles. The second-order valence-corrected chi connectivity index (χ2v) is 5.59. The average molecular weight is 336 g/mol. The Bertz CT molecular complexity index is 862. The predicted octanol–water partition coefficient (Wildman–Crippen LogP) is 1.84. The zero-order valence-electron chi connectivity index (χ0n) is 13.3. The highest BCUT2D eigenvalue weighted by atomic mass is 16.6. The molecule has 0 aliphatic carbocycles. The van der Waals surface area contributed by atoms with E-state index in [1.54, 1.807) is 23.1 Å². The van der Waals surface area contributed by atoms with E-state index in [0.29, 0.717) is 24.5 Å². The highest BCUT2D eigenvalue weighted by Gasteiger charge is 2.21. The van der Waals surface area contributed by atoms with E-state index in [0.717, 1.165) is 11.4 Å². The first-order valence-electron chi connectivity index (χ1n) is 7.91. The topological polar surface area (TPSA) is 78.3 Å². The van der Waals surface area contributed by atoms with Crippen molar-refractivity contribution in [1.82, 2.24) is 20.1 Å². The van der Waals surface area contributed by atoms with Crippen LogP contribution in [-0.4, -0.2) is 39.9 Å². The molecule has 7 heteroatoms. The van der Waals surface area contributed by atoms with Crippen LogP contribution in [0.5, 0.6) is 11.5 Å². The average Bonchev–Trinajstić information content (AvgIpc) is 3.21. The molecule has 25 heavy (non-hydrogen) atoms. The Hall–Kier alpha value is -3.35. The van der Waals surface area contributed by atoms with Crippen molar-refractivity contribution in [2.45, 2.75) is 6.10 Å². The third kappa shape index (κ3) is 3.30. The maximum Gasteiger partial charge on any atom is 0.251 e. The lowest BCUT2D eigenvalue weighted by molar-refractivity contribution is 0.0789. The molecule has 1 amide bonds. The molecular weight excluding hydrogens is 320 g/mol. The van der Waals surface area contributed by atoms with Gasteiger partial charge in [0, 0.05) is 5.56 Å². The highest BCUT2D eigenvalue weighted by Crippen LogP contribution is 2.30. The molecule has 1 aromatic heterocycles. The molecule has 2 heterocycles. The van der Waals surface area contributed by atoms with Crippen LogP contribution in [-0.2, 0) is 0 Å².